The van der Waals surface area contributed by atoms with Crippen LogP contribution in [-0.4, -0.2) is 6.04 Å². The van der Waals surface area contributed by atoms with E-state index in [1.807, 2.05) is 6.20 Å². The van der Waals surface area contributed by atoms with E-state index in [9.17, 15) is 0 Å². The Kier molecular flexibility index (Phi) is 7.86. The van der Waals surface area contributed by atoms with Gasteiger partial charge in [0.25, 0.3) is 0 Å². The van der Waals surface area contributed by atoms with Gasteiger partial charge in [0.05, 0.1) is 0 Å². The molecule has 0 aromatic carbocycles. The zero-order valence-corrected chi connectivity index (χ0v) is 8.42. The van der Waals surface area contributed by atoms with E-state index in [2.05, 4.69) is 18.3 Å². The van der Waals surface area contributed by atoms with Gasteiger partial charge in [0, 0.05) is 0 Å². The molecule has 0 saturated heterocycles. The Hall–Kier alpha value is 0.137. The van der Waals surface area contributed by atoms with E-state index in [0.29, 0.717) is 6.04 Å². The Labute approximate surface area is 88.2 Å². The van der Waals surface area contributed by atoms with Gasteiger partial charge in [0.1, 0.15) is 0 Å². The van der Waals surface area contributed by atoms with Crippen molar-refractivity contribution in [2.75, 3.05) is 0 Å². The Morgan fingerprint density at radius 3 is 2.50 bits per heavy atom. The van der Waals surface area contributed by atoms with Gasteiger partial charge in [-0.3, -0.25) is 0 Å². The van der Waals surface area contributed by atoms with Crippen LogP contribution < -0.4 is 18.9 Å². The topological polar surface area (TPSA) is 14.1 Å². The second kappa shape index (κ2) is 7.77. The second-order valence-corrected chi connectivity index (χ2v) is 3.23. The van der Waals surface area contributed by atoms with Gasteiger partial charge in [-0.05, 0) is 6.42 Å². The number of rotatable bonds is 3. The van der Waals surface area contributed by atoms with Crippen LogP contribution in [0.15, 0.2) is 12.3 Å². The molecule has 1 aliphatic rings. The van der Waals surface area contributed by atoms with Gasteiger partial charge in [-0.2, -0.15) is 6.20 Å². The average molecular weight is 159 g/mol. The standard InChI is InChI=1S/C10H18N.Li/c1-2-3-9-11-10-7-5-4-6-8-10;/h3,9-10H,2,4-8H2,1H3;/q-1;+1/b9-3+;. The first-order valence-corrected chi connectivity index (χ1v) is 4.78. The second-order valence-electron chi connectivity index (χ2n) is 3.23. The number of nitrogens with zero attached hydrogens (tertiary/aromatic N) is 1. The first kappa shape index (κ1) is 12.1. The van der Waals surface area contributed by atoms with Crippen molar-refractivity contribution in [3.8, 4) is 0 Å². The largest absolute Gasteiger partial charge is 1.00 e. The molecule has 0 radical (unpaired) electrons. The molecule has 12 heavy (non-hydrogen) atoms. The van der Waals surface area contributed by atoms with Crippen LogP contribution in [0.5, 0.6) is 0 Å². The molecule has 0 N–H and O–H groups in total. The average Bonchev–Trinajstić information content (AvgIpc) is 2.07. The molecule has 0 aromatic heterocycles. The van der Waals surface area contributed by atoms with Gasteiger partial charge in [0.15, 0.2) is 0 Å². The fourth-order valence-corrected chi connectivity index (χ4v) is 1.52. The molecule has 0 unspecified atom stereocenters. The monoisotopic (exact) mass is 159 g/mol. The molecule has 1 saturated carbocycles. The summed E-state index contributed by atoms with van der Waals surface area (Å²) in [7, 11) is 0. The molecule has 2 heteroatoms. The van der Waals surface area contributed by atoms with Crippen molar-refractivity contribution in [3.05, 3.63) is 17.6 Å². The van der Waals surface area contributed by atoms with Gasteiger partial charge in [-0.25, -0.2) is 0 Å². The normalized spacial score (nSPS) is 19.1. The minimum atomic E-state index is 0. The maximum atomic E-state index is 4.49. The Morgan fingerprint density at radius 2 is 1.92 bits per heavy atom. The van der Waals surface area contributed by atoms with Gasteiger partial charge >= 0.3 is 18.9 Å². The minimum Gasteiger partial charge on any atom is -0.688 e. The number of allylic oxidation sites excluding steroid dienone is 1. The summed E-state index contributed by atoms with van der Waals surface area (Å²) in [6.07, 6.45) is 12.1. The summed E-state index contributed by atoms with van der Waals surface area (Å²) in [5.41, 5.74) is 0. The summed E-state index contributed by atoms with van der Waals surface area (Å²) < 4.78 is 0. The fourth-order valence-electron chi connectivity index (χ4n) is 1.52. The zero-order valence-electron chi connectivity index (χ0n) is 8.42. The van der Waals surface area contributed by atoms with E-state index < -0.39 is 0 Å². The van der Waals surface area contributed by atoms with E-state index in [4.69, 9.17) is 0 Å². The zero-order chi connectivity index (χ0) is 7.94. The van der Waals surface area contributed by atoms with Crippen LogP contribution in [-0.2, 0) is 0 Å². The smallest absolute Gasteiger partial charge is 0.688 e. The van der Waals surface area contributed by atoms with Gasteiger partial charge in [-0.1, -0.05) is 39.0 Å². The SMILES string of the molecule is CC/C=C/[N-]C1CCCCC1.[Li+]. The first-order chi connectivity index (χ1) is 5.43. The predicted octanol–water partition coefficient (Wildman–Crippen LogP) is 0.620. The van der Waals surface area contributed by atoms with Crippen LogP contribution in [0.1, 0.15) is 45.4 Å². The van der Waals surface area contributed by atoms with E-state index in [1.165, 1.54) is 32.1 Å². The van der Waals surface area contributed by atoms with Crippen LogP contribution in [0.3, 0.4) is 0 Å². The van der Waals surface area contributed by atoms with Crippen LogP contribution >= 0.6 is 0 Å². The molecule has 0 heterocycles. The van der Waals surface area contributed by atoms with Gasteiger partial charge in [0.2, 0.25) is 0 Å². The molecule has 0 aromatic rings. The molecule has 0 atom stereocenters. The summed E-state index contributed by atoms with van der Waals surface area (Å²) in [4.78, 5) is 0. The molecule has 1 rings (SSSR count). The Morgan fingerprint density at radius 1 is 1.25 bits per heavy atom. The van der Waals surface area contributed by atoms with Crippen LogP contribution in [0.25, 0.3) is 5.32 Å². The van der Waals surface area contributed by atoms with Crippen LogP contribution in [0, 0.1) is 0 Å². The van der Waals surface area contributed by atoms with Crippen LogP contribution in [0.4, 0.5) is 0 Å². The van der Waals surface area contributed by atoms with Gasteiger partial charge < -0.3 is 5.32 Å². The molecule has 0 spiro atoms. The molecule has 1 nitrogen and oxygen atoms in total. The fraction of sp³-hybridized carbons (Fsp3) is 0.800. The summed E-state index contributed by atoms with van der Waals surface area (Å²) in [6, 6.07) is 0.645. The molecule has 1 fully saturated rings. The van der Waals surface area contributed by atoms with Gasteiger partial charge in [-0.15, -0.1) is 12.1 Å². The quantitative estimate of drug-likeness (QED) is 0.536. The molecule has 0 amide bonds. The molecule has 0 bridgehead atoms. The minimum absolute atomic E-state index is 0. The first-order valence-electron chi connectivity index (χ1n) is 4.78. The molecule has 64 valence electrons. The maximum Gasteiger partial charge on any atom is 1.00 e. The molecule has 1 aliphatic carbocycles. The van der Waals surface area contributed by atoms with Crippen molar-refractivity contribution in [2.45, 2.75) is 51.5 Å². The molecule has 0 aliphatic heterocycles. The maximum absolute atomic E-state index is 4.49. The Bertz CT molecular complexity index is 117. The van der Waals surface area contributed by atoms with E-state index >= 15 is 0 Å². The summed E-state index contributed by atoms with van der Waals surface area (Å²) in [6.45, 7) is 2.15. The van der Waals surface area contributed by atoms with Crippen molar-refractivity contribution in [1.82, 2.24) is 0 Å². The van der Waals surface area contributed by atoms with E-state index in [-0.39, 0.29) is 18.9 Å². The van der Waals surface area contributed by atoms with Crippen molar-refractivity contribution in [2.24, 2.45) is 0 Å². The van der Waals surface area contributed by atoms with E-state index in [1.54, 1.807) is 0 Å². The molecular formula is C10H18LiN. The number of hydrogen-bond donors (Lipinski definition) is 0. The third kappa shape index (κ3) is 4.90. The summed E-state index contributed by atoms with van der Waals surface area (Å²) in [5, 5.41) is 4.49. The molecular weight excluding hydrogens is 141 g/mol. The third-order valence-electron chi connectivity index (χ3n) is 2.21. The van der Waals surface area contributed by atoms with Crippen molar-refractivity contribution in [3.63, 3.8) is 0 Å². The van der Waals surface area contributed by atoms with Crippen molar-refractivity contribution in [1.29, 1.82) is 0 Å². The summed E-state index contributed by atoms with van der Waals surface area (Å²) in [5.74, 6) is 0. The van der Waals surface area contributed by atoms with Crippen molar-refractivity contribution < 1.29 is 18.9 Å². The van der Waals surface area contributed by atoms with Crippen molar-refractivity contribution >= 4 is 0 Å². The number of hydrogen-bond acceptors (Lipinski definition) is 0. The summed E-state index contributed by atoms with van der Waals surface area (Å²) >= 11 is 0. The predicted molar refractivity (Wildman–Crippen MR) is 49.7 cm³/mol. The van der Waals surface area contributed by atoms with Crippen LogP contribution in [0.2, 0.25) is 0 Å². The Balaban J connectivity index is 0.00000121. The third-order valence-corrected chi connectivity index (χ3v) is 2.21. The van der Waals surface area contributed by atoms with E-state index in [0.717, 1.165) is 6.42 Å².